The maximum atomic E-state index is 11.7. The van der Waals surface area contributed by atoms with Crippen LogP contribution in [0.3, 0.4) is 0 Å². The first-order valence-corrected chi connectivity index (χ1v) is 6.61. The fourth-order valence-corrected chi connectivity index (χ4v) is 1.70. The number of anilines is 1. The second kappa shape index (κ2) is 6.61. The number of carbonyl (C=O) groups excluding carboxylic acids is 1. The molecule has 0 radical (unpaired) electrons. The molecule has 2 aromatic carbocycles. The van der Waals surface area contributed by atoms with Crippen LogP contribution in [0.4, 0.5) is 17.1 Å². The van der Waals surface area contributed by atoms with Crippen LogP contribution in [0.15, 0.2) is 70.9 Å². The van der Waals surface area contributed by atoms with E-state index in [4.69, 9.17) is 0 Å². The van der Waals surface area contributed by atoms with E-state index in [1.807, 2.05) is 55.5 Å². The molecule has 4 heteroatoms. The van der Waals surface area contributed by atoms with Crippen molar-refractivity contribution < 1.29 is 4.79 Å². The quantitative estimate of drug-likeness (QED) is 0.626. The number of hydrogen-bond donors (Lipinski definition) is 1. The Morgan fingerprint density at radius 1 is 1.05 bits per heavy atom. The first-order valence-electron chi connectivity index (χ1n) is 6.61. The fraction of sp³-hybridized carbons (Fsp3) is 0.118. The van der Waals surface area contributed by atoms with Crippen LogP contribution in [0.5, 0.6) is 0 Å². The third-order valence-corrected chi connectivity index (χ3v) is 2.97. The maximum Gasteiger partial charge on any atom is 0.250 e. The zero-order valence-electron chi connectivity index (χ0n) is 12.1. The van der Waals surface area contributed by atoms with Crippen LogP contribution in [0.25, 0.3) is 0 Å². The standard InChI is InChI=1S/C17H17N3O/c1-12(2)17(21)18-15-10-7-11-16(13(15)3)20-19-14-8-5-4-6-9-14/h4-11H,1H2,2-3H3,(H,18,21). The molecule has 0 aliphatic heterocycles. The summed E-state index contributed by atoms with van der Waals surface area (Å²) in [6.45, 7) is 7.19. The minimum atomic E-state index is -0.199. The lowest BCUT2D eigenvalue weighted by Crippen LogP contribution is -2.12. The lowest BCUT2D eigenvalue weighted by atomic mass is 10.1. The zero-order chi connectivity index (χ0) is 15.2. The van der Waals surface area contributed by atoms with Crippen molar-refractivity contribution in [2.45, 2.75) is 13.8 Å². The van der Waals surface area contributed by atoms with Crippen molar-refractivity contribution in [1.29, 1.82) is 0 Å². The summed E-state index contributed by atoms with van der Waals surface area (Å²) in [6.07, 6.45) is 0. The third kappa shape index (κ3) is 3.86. The molecule has 2 rings (SSSR count). The Bertz CT molecular complexity index is 690. The molecule has 0 saturated carbocycles. The average Bonchev–Trinajstić information content (AvgIpc) is 2.49. The van der Waals surface area contributed by atoms with E-state index < -0.39 is 0 Å². The number of amides is 1. The SMILES string of the molecule is C=C(C)C(=O)Nc1cccc(N=Nc2ccccc2)c1C. The fourth-order valence-electron chi connectivity index (χ4n) is 1.70. The molecular weight excluding hydrogens is 262 g/mol. The monoisotopic (exact) mass is 279 g/mol. The first kappa shape index (κ1) is 14.7. The number of nitrogens with zero attached hydrogens (tertiary/aromatic N) is 2. The van der Waals surface area contributed by atoms with Crippen LogP contribution in [-0.4, -0.2) is 5.91 Å². The summed E-state index contributed by atoms with van der Waals surface area (Å²) < 4.78 is 0. The molecule has 0 unspecified atom stereocenters. The van der Waals surface area contributed by atoms with Gasteiger partial charge in [0.25, 0.3) is 5.91 Å². The summed E-state index contributed by atoms with van der Waals surface area (Å²) in [7, 11) is 0. The van der Waals surface area contributed by atoms with Gasteiger partial charge in [0, 0.05) is 16.8 Å². The molecule has 0 aromatic heterocycles. The molecule has 0 aliphatic rings. The van der Waals surface area contributed by atoms with Gasteiger partial charge in [0.15, 0.2) is 0 Å². The van der Waals surface area contributed by atoms with E-state index in [0.717, 1.165) is 16.9 Å². The smallest absolute Gasteiger partial charge is 0.250 e. The van der Waals surface area contributed by atoms with Crippen LogP contribution < -0.4 is 5.32 Å². The molecule has 0 spiro atoms. The summed E-state index contributed by atoms with van der Waals surface area (Å²) in [5.41, 5.74) is 3.55. The van der Waals surface area contributed by atoms with Crippen molar-refractivity contribution in [2.24, 2.45) is 10.2 Å². The van der Waals surface area contributed by atoms with Crippen LogP contribution in [0.1, 0.15) is 12.5 Å². The maximum absolute atomic E-state index is 11.7. The topological polar surface area (TPSA) is 53.8 Å². The molecule has 1 amide bonds. The number of rotatable bonds is 4. The predicted octanol–water partition coefficient (Wildman–Crippen LogP) is 4.93. The molecule has 1 N–H and O–H groups in total. The number of carbonyl (C=O) groups is 1. The van der Waals surface area contributed by atoms with Gasteiger partial charge in [0.05, 0.1) is 11.4 Å². The van der Waals surface area contributed by atoms with Crippen LogP contribution in [0, 0.1) is 6.92 Å². The van der Waals surface area contributed by atoms with Crippen molar-refractivity contribution in [1.82, 2.24) is 0 Å². The van der Waals surface area contributed by atoms with Crippen molar-refractivity contribution in [3.8, 4) is 0 Å². The van der Waals surface area contributed by atoms with Gasteiger partial charge in [-0.3, -0.25) is 4.79 Å². The Morgan fingerprint density at radius 2 is 1.76 bits per heavy atom. The second-order valence-corrected chi connectivity index (χ2v) is 4.72. The number of hydrogen-bond acceptors (Lipinski definition) is 3. The Hall–Kier alpha value is -2.75. The van der Waals surface area contributed by atoms with E-state index in [9.17, 15) is 4.79 Å². The van der Waals surface area contributed by atoms with Gasteiger partial charge >= 0.3 is 0 Å². The molecular formula is C17H17N3O. The second-order valence-electron chi connectivity index (χ2n) is 4.72. The summed E-state index contributed by atoms with van der Waals surface area (Å²) >= 11 is 0. The summed E-state index contributed by atoms with van der Waals surface area (Å²) in [5.74, 6) is -0.199. The predicted molar refractivity (Wildman–Crippen MR) is 85.2 cm³/mol. The first-order chi connectivity index (χ1) is 10.1. The van der Waals surface area contributed by atoms with E-state index >= 15 is 0 Å². The van der Waals surface area contributed by atoms with Gasteiger partial charge in [-0.2, -0.15) is 10.2 Å². The molecule has 2 aromatic rings. The Labute approximate surface area is 124 Å². The van der Waals surface area contributed by atoms with Gasteiger partial charge in [-0.15, -0.1) is 0 Å². The zero-order valence-corrected chi connectivity index (χ0v) is 12.1. The highest BCUT2D eigenvalue weighted by atomic mass is 16.1. The van der Waals surface area contributed by atoms with Crippen LogP contribution in [0.2, 0.25) is 0 Å². The minimum absolute atomic E-state index is 0.199. The molecule has 0 atom stereocenters. The van der Waals surface area contributed by atoms with E-state index in [1.54, 1.807) is 6.92 Å². The van der Waals surface area contributed by atoms with Crippen molar-refractivity contribution in [3.63, 3.8) is 0 Å². The Kier molecular flexibility index (Phi) is 4.61. The number of benzene rings is 2. The van der Waals surface area contributed by atoms with E-state index in [0.29, 0.717) is 11.3 Å². The minimum Gasteiger partial charge on any atom is -0.322 e. The van der Waals surface area contributed by atoms with Gasteiger partial charge in [0.1, 0.15) is 0 Å². The third-order valence-electron chi connectivity index (χ3n) is 2.97. The van der Waals surface area contributed by atoms with Gasteiger partial charge in [-0.05, 0) is 38.1 Å². The lowest BCUT2D eigenvalue weighted by molar-refractivity contribution is -0.112. The van der Waals surface area contributed by atoms with Crippen molar-refractivity contribution >= 4 is 23.0 Å². The van der Waals surface area contributed by atoms with Gasteiger partial charge in [-0.1, -0.05) is 30.8 Å². The van der Waals surface area contributed by atoms with Crippen molar-refractivity contribution in [2.75, 3.05) is 5.32 Å². The van der Waals surface area contributed by atoms with Gasteiger partial charge in [0.2, 0.25) is 0 Å². The van der Waals surface area contributed by atoms with Crippen molar-refractivity contribution in [3.05, 3.63) is 66.2 Å². The molecule has 0 heterocycles. The molecule has 0 bridgehead atoms. The summed E-state index contributed by atoms with van der Waals surface area (Å²) in [6, 6.07) is 15.0. The Morgan fingerprint density at radius 3 is 2.43 bits per heavy atom. The Balaban J connectivity index is 2.24. The molecule has 106 valence electrons. The molecule has 0 aliphatic carbocycles. The highest BCUT2D eigenvalue weighted by molar-refractivity contribution is 6.03. The molecule has 0 saturated heterocycles. The van der Waals surface area contributed by atoms with E-state index in [1.165, 1.54) is 0 Å². The summed E-state index contributed by atoms with van der Waals surface area (Å²) in [4.78, 5) is 11.7. The molecule has 21 heavy (non-hydrogen) atoms. The highest BCUT2D eigenvalue weighted by Crippen LogP contribution is 2.27. The number of nitrogens with one attached hydrogen (secondary N) is 1. The highest BCUT2D eigenvalue weighted by Gasteiger charge is 2.07. The lowest BCUT2D eigenvalue weighted by Gasteiger charge is -2.09. The summed E-state index contributed by atoms with van der Waals surface area (Å²) in [5, 5.41) is 11.2. The normalized spacial score (nSPS) is 10.6. The number of azo groups is 1. The van der Waals surface area contributed by atoms with Gasteiger partial charge in [-0.25, -0.2) is 0 Å². The van der Waals surface area contributed by atoms with Gasteiger partial charge < -0.3 is 5.32 Å². The van der Waals surface area contributed by atoms with Crippen LogP contribution >= 0.6 is 0 Å². The van der Waals surface area contributed by atoms with E-state index in [-0.39, 0.29) is 5.91 Å². The molecule has 4 nitrogen and oxygen atoms in total. The van der Waals surface area contributed by atoms with E-state index in [2.05, 4.69) is 22.1 Å². The van der Waals surface area contributed by atoms with Crippen LogP contribution in [-0.2, 0) is 4.79 Å². The molecule has 0 fully saturated rings. The largest absolute Gasteiger partial charge is 0.322 e. The average molecular weight is 279 g/mol.